The number of aromatic nitrogens is 3. The number of aryl methyl sites for hydroxylation is 3. The SMILES string of the molecule is Cc1ccnc(NC(=O)c2cccc(Nc3nc(C)cc(C)n3)c2)c1. The molecule has 1 amide bonds. The second-order valence-corrected chi connectivity index (χ2v) is 5.85. The monoisotopic (exact) mass is 333 g/mol. The van der Waals surface area contributed by atoms with Crippen LogP contribution in [0, 0.1) is 20.8 Å². The number of nitrogens with one attached hydrogen (secondary N) is 2. The van der Waals surface area contributed by atoms with Crippen LogP contribution >= 0.6 is 0 Å². The van der Waals surface area contributed by atoms with E-state index in [-0.39, 0.29) is 5.91 Å². The zero-order chi connectivity index (χ0) is 17.8. The zero-order valence-electron chi connectivity index (χ0n) is 14.4. The quantitative estimate of drug-likeness (QED) is 0.759. The molecule has 0 saturated carbocycles. The summed E-state index contributed by atoms with van der Waals surface area (Å²) < 4.78 is 0. The molecule has 3 rings (SSSR count). The zero-order valence-corrected chi connectivity index (χ0v) is 14.4. The molecule has 25 heavy (non-hydrogen) atoms. The van der Waals surface area contributed by atoms with Gasteiger partial charge in [0.05, 0.1) is 0 Å². The number of amides is 1. The summed E-state index contributed by atoms with van der Waals surface area (Å²) in [5, 5.41) is 5.94. The van der Waals surface area contributed by atoms with Crippen molar-refractivity contribution in [3.05, 3.63) is 71.2 Å². The largest absolute Gasteiger partial charge is 0.324 e. The Kier molecular flexibility index (Phi) is 4.70. The summed E-state index contributed by atoms with van der Waals surface area (Å²) in [6.45, 7) is 5.78. The van der Waals surface area contributed by atoms with Crippen LogP contribution in [0.4, 0.5) is 17.5 Å². The second kappa shape index (κ2) is 7.09. The standard InChI is InChI=1S/C19H19N5O/c1-12-7-8-20-17(9-12)24-18(25)15-5-4-6-16(11-15)23-19-21-13(2)10-14(3)22-19/h4-11H,1-3H3,(H,20,24,25)(H,21,22,23). The normalized spacial score (nSPS) is 10.4. The molecule has 2 N–H and O–H groups in total. The van der Waals surface area contributed by atoms with Gasteiger partial charge in [-0.1, -0.05) is 6.07 Å². The van der Waals surface area contributed by atoms with E-state index in [2.05, 4.69) is 25.6 Å². The predicted molar refractivity (Wildman–Crippen MR) is 98.2 cm³/mol. The summed E-state index contributed by atoms with van der Waals surface area (Å²) in [6.07, 6.45) is 1.67. The Labute approximate surface area is 146 Å². The molecular formula is C19H19N5O. The first-order valence-electron chi connectivity index (χ1n) is 7.93. The van der Waals surface area contributed by atoms with E-state index < -0.39 is 0 Å². The van der Waals surface area contributed by atoms with Gasteiger partial charge in [-0.25, -0.2) is 15.0 Å². The van der Waals surface area contributed by atoms with Crippen LogP contribution in [0.2, 0.25) is 0 Å². The maximum absolute atomic E-state index is 12.4. The lowest BCUT2D eigenvalue weighted by Crippen LogP contribution is -2.13. The van der Waals surface area contributed by atoms with Gasteiger partial charge in [0, 0.05) is 28.8 Å². The Balaban J connectivity index is 1.77. The number of benzene rings is 1. The summed E-state index contributed by atoms with van der Waals surface area (Å²) in [6, 6.07) is 12.8. The fraction of sp³-hybridized carbons (Fsp3) is 0.158. The van der Waals surface area contributed by atoms with Crippen LogP contribution in [0.25, 0.3) is 0 Å². The fourth-order valence-corrected chi connectivity index (χ4v) is 2.44. The molecule has 2 aromatic heterocycles. The molecule has 0 unspecified atom stereocenters. The number of carbonyl (C=O) groups is 1. The van der Waals surface area contributed by atoms with Gasteiger partial charge in [-0.2, -0.15) is 0 Å². The molecule has 0 aliphatic carbocycles. The molecule has 6 nitrogen and oxygen atoms in total. The van der Waals surface area contributed by atoms with Crippen molar-refractivity contribution in [3.63, 3.8) is 0 Å². The maximum Gasteiger partial charge on any atom is 0.256 e. The van der Waals surface area contributed by atoms with Crippen LogP contribution < -0.4 is 10.6 Å². The average Bonchev–Trinajstić information content (AvgIpc) is 2.54. The van der Waals surface area contributed by atoms with Crippen LogP contribution in [-0.2, 0) is 0 Å². The third-order valence-electron chi connectivity index (χ3n) is 3.52. The Bertz CT molecular complexity index is 903. The first-order valence-corrected chi connectivity index (χ1v) is 7.93. The van der Waals surface area contributed by atoms with Crippen molar-refractivity contribution in [2.24, 2.45) is 0 Å². The number of anilines is 3. The first-order chi connectivity index (χ1) is 12.0. The van der Waals surface area contributed by atoms with Crippen molar-refractivity contribution in [2.75, 3.05) is 10.6 Å². The highest BCUT2D eigenvalue weighted by atomic mass is 16.1. The molecule has 0 atom stereocenters. The van der Waals surface area contributed by atoms with Crippen molar-refractivity contribution >= 4 is 23.4 Å². The number of nitrogens with zero attached hydrogens (tertiary/aromatic N) is 3. The smallest absolute Gasteiger partial charge is 0.256 e. The molecule has 0 spiro atoms. The van der Waals surface area contributed by atoms with Crippen LogP contribution in [-0.4, -0.2) is 20.9 Å². The van der Waals surface area contributed by atoms with Gasteiger partial charge in [0.25, 0.3) is 5.91 Å². The lowest BCUT2D eigenvalue weighted by atomic mass is 10.2. The predicted octanol–water partition coefficient (Wildman–Crippen LogP) is 3.79. The van der Waals surface area contributed by atoms with E-state index in [1.54, 1.807) is 18.3 Å². The Morgan fingerprint density at radius 3 is 2.44 bits per heavy atom. The summed E-state index contributed by atoms with van der Waals surface area (Å²) in [7, 11) is 0. The summed E-state index contributed by atoms with van der Waals surface area (Å²) >= 11 is 0. The van der Waals surface area contributed by atoms with Gasteiger partial charge < -0.3 is 10.6 Å². The second-order valence-electron chi connectivity index (χ2n) is 5.85. The van der Waals surface area contributed by atoms with Crippen LogP contribution in [0.3, 0.4) is 0 Å². The highest BCUT2D eigenvalue weighted by molar-refractivity contribution is 6.04. The molecule has 1 aromatic carbocycles. The van der Waals surface area contributed by atoms with E-state index in [0.717, 1.165) is 22.6 Å². The third-order valence-corrected chi connectivity index (χ3v) is 3.52. The number of carbonyl (C=O) groups excluding carboxylic acids is 1. The molecule has 0 saturated heterocycles. The molecule has 0 aliphatic heterocycles. The van der Waals surface area contributed by atoms with Crippen molar-refractivity contribution in [3.8, 4) is 0 Å². The van der Waals surface area contributed by atoms with Gasteiger partial charge in [-0.15, -0.1) is 0 Å². The molecule has 0 radical (unpaired) electrons. The van der Waals surface area contributed by atoms with Gasteiger partial charge >= 0.3 is 0 Å². The van der Waals surface area contributed by atoms with Crippen molar-refractivity contribution in [1.82, 2.24) is 15.0 Å². The molecule has 0 aliphatic rings. The van der Waals surface area contributed by atoms with Gasteiger partial charge in [0.2, 0.25) is 5.95 Å². The topological polar surface area (TPSA) is 79.8 Å². The summed E-state index contributed by atoms with van der Waals surface area (Å²) in [5.74, 6) is 0.819. The highest BCUT2D eigenvalue weighted by Gasteiger charge is 2.08. The van der Waals surface area contributed by atoms with Crippen LogP contribution in [0.1, 0.15) is 27.3 Å². The molecule has 6 heteroatoms. The number of rotatable bonds is 4. The summed E-state index contributed by atoms with van der Waals surface area (Å²) in [4.78, 5) is 25.3. The minimum Gasteiger partial charge on any atom is -0.324 e. The Morgan fingerprint density at radius 1 is 0.960 bits per heavy atom. The maximum atomic E-state index is 12.4. The minimum absolute atomic E-state index is 0.219. The molecule has 0 bridgehead atoms. The Morgan fingerprint density at radius 2 is 1.72 bits per heavy atom. The molecule has 126 valence electrons. The number of hydrogen-bond acceptors (Lipinski definition) is 5. The average molecular weight is 333 g/mol. The van der Waals surface area contributed by atoms with Crippen molar-refractivity contribution < 1.29 is 4.79 Å². The third kappa shape index (κ3) is 4.38. The highest BCUT2D eigenvalue weighted by Crippen LogP contribution is 2.17. The van der Waals surface area contributed by atoms with Crippen molar-refractivity contribution in [2.45, 2.75) is 20.8 Å². The van der Waals surface area contributed by atoms with Crippen molar-refractivity contribution in [1.29, 1.82) is 0 Å². The molecule has 3 aromatic rings. The van der Waals surface area contributed by atoms with E-state index in [1.165, 1.54) is 0 Å². The number of hydrogen-bond donors (Lipinski definition) is 2. The van der Waals surface area contributed by atoms with Gasteiger partial charge in [0.15, 0.2) is 0 Å². The fourth-order valence-electron chi connectivity index (χ4n) is 2.44. The van der Waals surface area contributed by atoms with E-state index in [0.29, 0.717) is 17.3 Å². The van der Waals surface area contributed by atoms with E-state index >= 15 is 0 Å². The molecular weight excluding hydrogens is 314 g/mol. The van der Waals surface area contributed by atoms with Gasteiger partial charge in [-0.05, 0) is 62.7 Å². The van der Waals surface area contributed by atoms with E-state index in [1.807, 2.05) is 51.1 Å². The van der Waals surface area contributed by atoms with Crippen LogP contribution in [0.15, 0.2) is 48.7 Å². The molecule has 2 heterocycles. The van der Waals surface area contributed by atoms with Gasteiger partial charge in [-0.3, -0.25) is 4.79 Å². The van der Waals surface area contributed by atoms with Crippen LogP contribution in [0.5, 0.6) is 0 Å². The van der Waals surface area contributed by atoms with E-state index in [4.69, 9.17) is 0 Å². The van der Waals surface area contributed by atoms with E-state index in [9.17, 15) is 4.79 Å². The number of pyridine rings is 1. The lowest BCUT2D eigenvalue weighted by molar-refractivity contribution is 0.102. The minimum atomic E-state index is -0.219. The lowest BCUT2D eigenvalue weighted by Gasteiger charge is -2.09. The Hall–Kier alpha value is -3.28. The first kappa shape index (κ1) is 16.6. The summed E-state index contributed by atoms with van der Waals surface area (Å²) in [5.41, 5.74) is 4.07. The van der Waals surface area contributed by atoms with Gasteiger partial charge in [0.1, 0.15) is 5.82 Å². The molecule has 0 fully saturated rings.